The van der Waals surface area contributed by atoms with Crippen molar-refractivity contribution in [3.05, 3.63) is 48.7 Å². The third kappa shape index (κ3) is 1.59. The highest BCUT2D eigenvalue weighted by Gasteiger charge is 2.05. The van der Waals surface area contributed by atoms with Gasteiger partial charge < -0.3 is 4.98 Å². The normalized spacial score (nSPS) is 10.6. The molecule has 4 nitrogen and oxygen atoms in total. The van der Waals surface area contributed by atoms with Crippen LogP contribution in [0.1, 0.15) is 10.4 Å². The number of H-pyrrole nitrogens is 1. The summed E-state index contributed by atoms with van der Waals surface area (Å²) in [5.74, 6) is 0. The predicted molar refractivity (Wildman–Crippen MR) is 64.7 cm³/mol. The molecule has 1 N–H and O–H groups in total. The average Bonchev–Trinajstić information content (AvgIpc) is 2.81. The van der Waals surface area contributed by atoms with Gasteiger partial charge in [-0.3, -0.25) is 4.79 Å². The van der Waals surface area contributed by atoms with Gasteiger partial charge in [-0.1, -0.05) is 6.07 Å². The Balaban J connectivity index is 2.22. The number of carbonyl (C=O) groups is 1. The number of fused-ring (bicyclic) bond motifs is 1. The van der Waals surface area contributed by atoms with E-state index in [1.54, 1.807) is 18.6 Å². The van der Waals surface area contributed by atoms with Crippen molar-refractivity contribution in [1.29, 1.82) is 0 Å². The molecule has 0 unspecified atom stereocenters. The Bertz CT molecular complexity index is 673. The maximum absolute atomic E-state index is 10.9. The second-order valence-corrected chi connectivity index (χ2v) is 3.75. The highest BCUT2D eigenvalue weighted by atomic mass is 16.1. The lowest BCUT2D eigenvalue weighted by Crippen LogP contribution is -1.82. The summed E-state index contributed by atoms with van der Waals surface area (Å²) in [6.07, 6.45) is 7.56. The van der Waals surface area contributed by atoms with Crippen LogP contribution in [-0.2, 0) is 0 Å². The van der Waals surface area contributed by atoms with Gasteiger partial charge in [0, 0.05) is 40.6 Å². The van der Waals surface area contributed by atoms with Gasteiger partial charge in [0.05, 0.1) is 0 Å². The maximum atomic E-state index is 10.9. The third-order valence-corrected chi connectivity index (χ3v) is 2.73. The monoisotopic (exact) mass is 223 g/mol. The number of hydrogen-bond donors (Lipinski definition) is 1. The lowest BCUT2D eigenvalue weighted by molar-refractivity contribution is 0.112. The third-order valence-electron chi connectivity index (χ3n) is 2.73. The maximum Gasteiger partial charge on any atom is 0.152 e. The molecular weight excluding hydrogens is 214 g/mol. The average molecular weight is 223 g/mol. The number of rotatable bonds is 2. The second kappa shape index (κ2) is 3.83. The lowest BCUT2D eigenvalue weighted by Gasteiger charge is -2.00. The minimum absolute atomic E-state index is 0.665. The van der Waals surface area contributed by atoms with Crippen LogP contribution in [0, 0.1) is 0 Å². The Labute approximate surface area is 97.3 Å². The molecule has 82 valence electrons. The molecule has 0 aliphatic heterocycles. The van der Waals surface area contributed by atoms with Crippen molar-refractivity contribution in [2.75, 3.05) is 0 Å². The Morgan fingerprint density at radius 2 is 1.94 bits per heavy atom. The van der Waals surface area contributed by atoms with Gasteiger partial charge >= 0.3 is 0 Å². The fraction of sp³-hybridized carbons (Fsp3) is 0. The topological polar surface area (TPSA) is 58.6 Å². The first-order valence-electron chi connectivity index (χ1n) is 5.20. The van der Waals surface area contributed by atoms with Crippen LogP contribution in [-0.4, -0.2) is 21.2 Å². The number of nitrogens with one attached hydrogen (secondary N) is 1. The van der Waals surface area contributed by atoms with Crippen LogP contribution in [0.25, 0.3) is 22.0 Å². The van der Waals surface area contributed by atoms with Gasteiger partial charge in [0.2, 0.25) is 0 Å². The molecule has 3 rings (SSSR count). The molecule has 0 radical (unpaired) electrons. The van der Waals surface area contributed by atoms with Crippen molar-refractivity contribution in [1.82, 2.24) is 15.0 Å². The Morgan fingerprint density at radius 3 is 2.71 bits per heavy atom. The van der Waals surface area contributed by atoms with E-state index >= 15 is 0 Å². The SMILES string of the molecule is O=Cc1c[nH]c2ccc(-c3cncnc3)cc12. The number of aldehydes is 1. The number of aromatic amines is 1. The molecule has 0 saturated heterocycles. The highest BCUT2D eigenvalue weighted by Crippen LogP contribution is 2.24. The quantitative estimate of drug-likeness (QED) is 0.679. The van der Waals surface area contributed by atoms with Crippen molar-refractivity contribution in [3.8, 4) is 11.1 Å². The zero-order valence-corrected chi connectivity index (χ0v) is 8.92. The van der Waals surface area contributed by atoms with Crippen LogP contribution >= 0.6 is 0 Å². The summed E-state index contributed by atoms with van der Waals surface area (Å²) in [5, 5.41) is 0.918. The van der Waals surface area contributed by atoms with Gasteiger partial charge in [-0.25, -0.2) is 9.97 Å². The number of benzene rings is 1. The van der Waals surface area contributed by atoms with Crippen molar-refractivity contribution in [2.24, 2.45) is 0 Å². The first-order chi connectivity index (χ1) is 8.38. The molecule has 2 heterocycles. The van der Waals surface area contributed by atoms with E-state index in [1.807, 2.05) is 18.2 Å². The Hall–Kier alpha value is -2.49. The largest absolute Gasteiger partial charge is 0.360 e. The number of nitrogens with zero attached hydrogens (tertiary/aromatic N) is 2. The molecule has 0 amide bonds. The van der Waals surface area contributed by atoms with E-state index in [0.717, 1.165) is 28.3 Å². The van der Waals surface area contributed by atoms with Gasteiger partial charge in [-0.05, 0) is 17.7 Å². The summed E-state index contributed by atoms with van der Waals surface area (Å²) >= 11 is 0. The highest BCUT2D eigenvalue weighted by molar-refractivity contribution is 5.99. The van der Waals surface area contributed by atoms with Gasteiger partial charge in [-0.15, -0.1) is 0 Å². The molecule has 0 fully saturated rings. The fourth-order valence-electron chi connectivity index (χ4n) is 1.87. The molecule has 17 heavy (non-hydrogen) atoms. The Kier molecular flexibility index (Phi) is 2.19. The van der Waals surface area contributed by atoms with E-state index in [2.05, 4.69) is 15.0 Å². The summed E-state index contributed by atoms with van der Waals surface area (Å²) in [6.45, 7) is 0. The molecule has 3 aromatic rings. The molecular formula is C13H9N3O. The number of carbonyl (C=O) groups excluding carboxylic acids is 1. The minimum atomic E-state index is 0.665. The minimum Gasteiger partial charge on any atom is -0.360 e. The molecule has 0 atom stereocenters. The smallest absolute Gasteiger partial charge is 0.152 e. The summed E-state index contributed by atoms with van der Waals surface area (Å²) in [5.41, 5.74) is 3.56. The zero-order valence-electron chi connectivity index (χ0n) is 8.92. The summed E-state index contributed by atoms with van der Waals surface area (Å²) < 4.78 is 0. The van der Waals surface area contributed by atoms with Crippen molar-refractivity contribution in [3.63, 3.8) is 0 Å². The molecule has 0 aliphatic rings. The van der Waals surface area contributed by atoms with Crippen LogP contribution in [0.5, 0.6) is 0 Å². The summed E-state index contributed by atoms with van der Waals surface area (Å²) in [4.78, 5) is 21.9. The van der Waals surface area contributed by atoms with Crippen LogP contribution in [0.15, 0.2) is 43.1 Å². The second-order valence-electron chi connectivity index (χ2n) is 3.75. The van der Waals surface area contributed by atoms with Gasteiger partial charge in [0.25, 0.3) is 0 Å². The van der Waals surface area contributed by atoms with Crippen LogP contribution < -0.4 is 0 Å². The van der Waals surface area contributed by atoms with E-state index in [4.69, 9.17) is 0 Å². The first-order valence-corrected chi connectivity index (χ1v) is 5.20. The molecule has 1 aromatic carbocycles. The van der Waals surface area contributed by atoms with Crippen molar-refractivity contribution in [2.45, 2.75) is 0 Å². The molecule has 0 saturated carbocycles. The van der Waals surface area contributed by atoms with Crippen LogP contribution in [0.3, 0.4) is 0 Å². The molecule has 0 aliphatic carbocycles. The van der Waals surface area contributed by atoms with Gasteiger partial charge in [-0.2, -0.15) is 0 Å². The van der Waals surface area contributed by atoms with Crippen molar-refractivity contribution < 1.29 is 4.79 Å². The predicted octanol–water partition coefficient (Wildman–Crippen LogP) is 2.44. The van der Waals surface area contributed by atoms with Crippen LogP contribution in [0.2, 0.25) is 0 Å². The first kappa shape index (κ1) is 9.72. The molecule has 2 aromatic heterocycles. The summed E-state index contributed by atoms with van der Waals surface area (Å²) in [7, 11) is 0. The van der Waals surface area contributed by atoms with E-state index < -0.39 is 0 Å². The summed E-state index contributed by atoms with van der Waals surface area (Å²) in [6, 6.07) is 5.89. The molecule has 0 bridgehead atoms. The van der Waals surface area contributed by atoms with E-state index in [0.29, 0.717) is 5.56 Å². The number of hydrogen-bond acceptors (Lipinski definition) is 3. The molecule has 4 heteroatoms. The van der Waals surface area contributed by atoms with Crippen molar-refractivity contribution >= 4 is 17.2 Å². The molecule has 0 spiro atoms. The number of aromatic nitrogens is 3. The Morgan fingerprint density at radius 1 is 1.12 bits per heavy atom. The van der Waals surface area contributed by atoms with Crippen LogP contribution in [0.4, 0.5) is 0 Å². The fourth-order valence-corrected chi connectivity index (χ4v) is 1.87. The lowest BCUT2D eigenvalue weighted by atomic mass is 10.1. The van der Waals surface area contributed by atoms with Gasteiger partial charge in [0.15, 0.2) is 6.29 Å². The van der Waals surface area contributed by atoms with Gasteiger partial charge in [0.1, 0.15) is 6.33 Å². The zero-order chi connectivity index (χ0) is 11.7. The van der Waals surface area contributed by atoms with E-state index in [1.165, 1.54) is 6.33 Å². The van der Waals surface area contributed by atoms with E-state index in [9.17, 15) is 4.79 Å². The van der Waals surface area contributed by atoms with E-state index in [-0.39, 0.29) is 0 Å². The standard InChI is InChI=1S/C13H9N3O/c17-7-11-6-16-13-2-1-9(3-12(11)13)10-4-14-8-15-5-10/h1-8,16H.